The van der Waals surface area contributed by atoms with Crippen molar-refractivity contribution in [2.45, 2.75) is 18.8 Å². The lowest BCUT2D eigenvalue weighted by Crippen LogP contribution is -2.29. The summed E-state index contributed by atoms with van der Waals surface area (Å²) in [5.74, 6) is -1.26. The standard InChI is InChI=1S/C13H18F2N2/c1-17(2)13-7-12(15)11(14)6-10(13)9-4-3-5-16-8-9/h6-7,9,16H,3-5,8H2,1-2H3. The van der Waals surface area contributed by atoms with Crippen LogP contribution in [-0.4, -0.2) is 27.2 Å². The number of hydrogen-bond donors (Lipinski definition) is 1. The molecule has 2 nitrogen and oxygen atoms in total. The molecule has 1 aliphatic rings. The smallest absolute Gasteiger partial charge is 0.160 e. The molecule has 2 rings (SSSR count). The van der Waals surface area contributed by atoms with E-state index in [4.69, 9.17) is 0 Å². The Balaban J connectivity index is 2.39. The molecular weight excluding hydrogens is 222 g/mol. The van der Waals surface area contributed by atoms with Gasteiger partial charge in [0.1, 0.15) is 0 Å². The van der Waals surface area contributed by atoms with E-state index in [1.54, 1.807) is 0 Å². The van der Waals surface area contributed by atoms with Crippen molar-refractivity contribution >= 4 is 5.69 Å². The van der Waals surface area contributed by atoms with Crippen LogP contribution >= 0.6 is 0 Å². The van der Waals surface area contributed by atoms with Crippen LogP contribution in [0.15, 0.2) is 12.1 Å². The second-order valence-electron chi connectivity index (χ2n) is 4.76. The van der Waals surface area contributed by atoms with Gasteiger partial charge in [-0.25, -0.2) is 8.78 Å². The highest BCUT2D eigenvalue weighted by Crippen LogP contribution is 2.32. The second kappa shape index (κ2) is 5.00. The summed E-state index contributed by atoms with van der Waals surface area (Å²) >= 11 is 0. The van der Waals surface area contributed by atoms with Gasteiger partial charge < -0.3 is 10.2 Å². The SMILES string of the molecule is CN(C)c1cc(F)c(F)cc1C1CCCNC1. The van der Waals surface area contributed by atoms with E-state index in [2.05, 4.69) is 5.32 Å². The Bertz CT molecular complexity index is 399. The first-order valence-corrected chi connectivity index (χ1v) is 5.96. The molecule has 1 unspecified atom stereocenters. The average molecular weight is 240 g/mol. The molecule has 0 aromatic heterocycles. The fourth-order valence-electron chi connectivity index (χ4n) is 2.38. The normalized spacial score (nSPS) is 20.4. The molecule has 1 fully saturated rings. The molecule has 1 saturated heterocycles. The van der Waals surface area contributed by atoms with Crippen molar-refractivity contribution in [3.63, 3.8) is 0 Å². The van der Waals surface area contributed by atoms with E-state index in [1.807, 2.05) is 19.0 Å². The third kappa shape index (κ3) is 2.57. The minimum absolute atomic E-state index is 0.274. The number of benzene rings is 1. The van der Waals surface area contributed by atoms with Crippen LogP contribution in [0.4, 0.5) is 14.5 Å². The quantitative estimate of drug-likeness (QED) is 0.854. The van der Waals surface area contributed by atoms with Crippen LogP contribution in [0.3, 0.4) is 0 Å². The lowest BCUT2D eigenvalue weighted by molar-refractivity contribution is 0.455. The Morgan fingerprint density at radius 1 is 1.24 bits per heavy atom. The summed E-state index contributed by atoms with van der Waals surface area (Å²) in [6.07, 6.45) is 2.11. The van der Waals surface area contributed by atoms with E-state index in [0.29, 0.717) is 0 Å². The van der Waals surface area contributed by atoms with E-state index in [-0.39, 0.29) is 5.92 Å². The summed E-state index contributed by atoms with van der Waals surface area (Å²) in [6.45, 7) is 1.85. The molecule has 1 aliphatic heterocycles. The van der Waals surface area contributed by atoms with Gasteiger partial charge in [-0.15, -0.1) is 0 Å². The molecule has 1 aromatic rings. The van der Waals surface area contributed by atoms with Gasteiger partial charge in [0.05, 0.1) is 0 Å². The van der Waals surface area contributed by atoms with Crippen LogP contribution in [0.1, 0.15) is 24.3 Å². The molecule has 1 aromatic carbocycles. The van der Waals surface area contributed by atoms with Crippen molar-refractivity contribution < 1.29 is 8.78 Å². The van der Waals surface area contributed by atoms with Gasteiger partial charge in [-0.1, -0.05) is 0 Å². The van der Waals surface area contributed by atoms with E-state index < -0.39 is 11.6 Å². The van der Waals surface area contributed by atoms with Gasteiger partial charge in [-0.3, -0.25) is 0 Å². The Morgan fingerprint density at radius 3 is 2.53 bits per heavy atom. The van der Waals surface area contributed by atoms with Gasteiger partial charge >= 0.3 is 0 Å². The van der Waals surface area contributed by atoms with E-state index in [0.717, 1.165) is 37.2 Å². The fourth-order valence-corrected chi connectivity index (χ4v) is 2.38. The van der Waals surface area contributed by atoms with E-state index >= 15 is 0 Å². The monoisotopic (exact) mass is 240 g/mol. The number of anilines is 1. The number of hydrogen-bond acceptors (Lipinski definition) is 2. The van der Waals surface area contributed by atoms with Crippen LogP contribution in [0, 0.1) is 11.6 Å². The first kappa shape index (κ1) is 12.3. The molecule has 0 aliphatic carbocycles. The highest BCUT2D eigenvalue weighted by Gasteiger charge is 2.21. The molecule has 4 heteroatoms. The van der Waals surface area contributed by atoms with Gasteiger partial charge in [0.25, 0.3) is 0 Å². The number of nitrogens with one attached hydrogen (secondary N) is 1. The number of piperidine rings is 1. The Morgan fingerprint density at radius 2 is 1.94 bits per heavy atom. The molecule has 1 atom stereocenters. The van der Waals surface area contributed by atoms with Gasteiger partial charge in [0.15, 0.2) is 11.6 Å². The summed E-state index contributed by atoms with van der Waals surface area (Å²) in [7, 11) is 3.71. The average Bonchev–Trinajstić information content (AvgIpc) is 2.33. The Labute approximate surface area is 101 Å². The molecule has 1 heterocycles. The Hall–Kier alpha value is -1.16. The molecule has 94 valence electrons. The summed E-state index contributed by atoms with van der Waals surface area (Å²) in [6, 6.07) is 2.64. The van der Waals surface area contributed by atoms with Gasteiger partial charge in [-0.2, -0.15) is 0 Å². The summed E-state index contributed by atoms with van der Waals surface area (Å²) in [4.78, 5) is 1.84. The lowest BCUT2D eigenvalue weighted by atomic mass is 9.90. The molecular formula is C13H18F2N2. The maximum Gasteiger partial charge on any atom is 0.160 e. The maximum absolute atomic E-state index is 13.4. The van der Waals surface area contributed by atoms with E-state index in [9.17, 15) is 8.78 Å². The number of nitrogens with zero attached hydrogens (tertiary/aromatic N) is 1. The highest BCUT2D eigenvalue weighted by molar-refractivity contribution is 5.55. The lowest BCUT2D eigenvalue weighted by Gasteiger charge is -2.27. The number of halogens is 2. The molecule has 0 saturated carbocycles. The van der Waals surface area contributed by atoms with Crippen LogP contribution in [0.2, 0.25) is 0 Å². The van der Waals surface area contributed by atoms with E-state index in [1.165, 1.54) is 12.1 Å². The summed E-state index contributed by atoms with van der Waals surface area (Å²) < 4.78 is 26.6. The third-order valence-electron chi connectivity index (χ3n) is 3.29. The zero-order chi connectivity index (χ0) is 12.4. The first-order chi connectivity index (χ1) is 8.09. The minimum atomic E-state index is -0.777. The number of rotatable bonds is 2. The molecule has 17 heavy (non-hydrogen) atoms. The van der Waals surface area contributed by atoms with Crippen molar-refractivity contribution in [1.82, 2.24) is 5.32 Å². The largest absolute Gasteiger partial charge is 0.377 e. The molecule has 0 spiro atoms. The highest BCUT2D eigenvalue weighted by atomic mass is 19.2. The zero-order valence-electron chi connectivity index (χ0n) is 10.3. The van der Waals surface area contributed by atoms with Crippen molar-refractivity contribution in [2.75, 3.05) is 32.1 Å². The Kier molecular flexibility index (Phi) is 3.62. The first-order valence-electron chi connectivity index (χ1n) is 5.96. The molecule has 0 amide bonds. The van der Waals surface area contributed by atoms with Gasteiger partial charge in [-0.05, 0) is 36.9 Å². The van der Waals surface area contributed by atoms with Crippen molar-refractivity contribution in [3.8, 4) is 0 Å². The van der Waals surface area contributed by atoms with Crippen LogP contribution in [0.5, 0.6) is 0 Å². The maximum atomic E-state index is 13.4. The molecule has 0 bridgehead atoms. The molecule has 0 radical (unpaired) electrons. The zero-order valence-corrected chi connectivity index (χ0v) is 10.3. The summed E-state index contributed by atoms with van der Waals surface area (Å²) in [5.41, 5.74) is 1.68. The van der Waals surface area contributed by atoms with Crippen LogP contribution in [-0.2, 0) is 0 Å². The minimum Gasteiger partial charge on any atom is -0.377 e. The van der Waals surface area contributed by atoms with Crippen molar-refractivity contribution in [3.05, 3.63) is 29.3 Å². The second-order valence-corrected chi connectivity index (χ2v) is 4.76. The van der Waals surface area contributed by atoms with Crippen LogP contribution in [0.25, 0.3) is 0 Å². The van der Waals surface area contributed by atoms with Gasteiger partial charge in [0.2, 0.25) is 0 Å². The predicted molar refractivity (Wildman–Crippen MR) is 65.5 cm³/mol. The van der Waals surface area contributed by atoms with Crippen molar-refractivity contribution in [2.24, 2.45) is 0 Å². The third-order valence-corrected chi connectivity index (χ3v) is 3.29. The summed E-state index contributed by atoms with van der Waals surface area (Å²) in [5, 5.41) is 3.30. The predicted octanol–water partition coefficient (Wildman–Crippen LogP) is 2.50. The molecule has 1 N–H and O–H groups in total. The van der Waals surface area contributed by atoms with Crippen molar-refractivity contribution in [1.29, 1.82) is 0 Å². The van der Waals surface area contributed by atoms with Gasteiger partial charge in [0, 0.05) is 32.4 Å². The van der Waals surface area contributed by atoms with Crippen LogP contribution < -0.4 is 10.2 Å². The topological polar surface area (TPSA) is 15.3 Å². The fraction of sp³-hybridized carbons (Fsp3) is 0.538.